The summed E-state index contributed by atoms with van der Waals surface area (Å²) in [6.45, 7) is 8.75. The van der Waals surface area contributed by atoms with Gasteiger partial charge in [0.1, 0.15) is 0 Å². The average Bonchev–Trinajstić information content (AvgIpc) is 0.811. The first-order chi connectivity index (χ1) is 1.73. The number of hydrogen-bond donors (Lipinski definition) is 0. The first kappa shape index (κ1) is 15.9. The van der Waals surface area contributed by atoms with Gasteiger partial charge >= 0.3 is 19.5 Å². The van der Waals surface area contributed by atoms with Crippen LogP contribution in [0.25, 0.3) is 0 Å². The van der Waals surface area contributed by atoms with Crippen molar-refractivity contribution in [3.05, 3.63) is 12.2 Å². The first-order valence-corrected chi connectivity index (χ1v) is 1.29. The van der Waals surface area contributed by atoms with Gasteiger partial charge in [0.2, 0.25) is 0 Å². The zero-order valence-corrected chi connectivity index (χ0v) is 7.89. The predicted molar refractivity (Wildman–Crippen MR) is 19.2 cm³/mol. The molecule has 0 aromatic carbocycles. The summed E-state index contributed by atoms with van der Waals surface area (Å²) in [7, 11) is 0. The van der Waals surface area contributed by atoms with Crippen molar-refractivity contribution in [1.29, 1.82) is 0 Å². The maximum absolute atomic E-state index is 5.03. The molecule has 2 heteroatoms. The summed E-state index contributed by atoms with van der Waals surface area (Å²) in [5.74, 6) is 0. The van der Waals surface area contributed by atoms with E-state index in [1.54, 1.807) is 0 Å². The molecule has 0 bridgehead atoms. The van der Waals surface area contributed by atoms with Crippen molar-refractivity contribution in [1.82, 2.24) is 0 Å². The standard InChI is InChI=1S/C4H7.ClH.Zn/c1-4(2)3;;/h1H,2-3H3;1H;/q-1;;+2/p-1. The van der Waals surface area contributed by atoms with Gasteiger partial charge in [-0.3, -0.25) is 5.57 Å². The van der Waals surface area contributed by atoms with Crippen molar-refractivity contribution < 1.29 is 31.9 Å². The SMILES string of the molecule is [CH-]=C(C)C.[Cl-].[Zn+2]. The van der Waals surface area contributed by atoms with Crippen LogP contribution in [-0.2, 0) is 19.5 Å². The fraction of sp³-hybridized carbons (Fsp3) is 0.500. The van der Waals surface area contributed by atoms with Gasteiger partial charge in [0.25, 0.3) is 0 Å². The van der Waals surface area contributed by atoms with E-state index >= 15 is 0 Å². The second kappa shape index (κ2) is 9.17. The summed E-state index contributed by atoms with van der Waals surface area (Å²) in [6.07, 6.45) is 0. The van der Waals surface area contributed by atoms with Gasteiger partial charge < -0.3 is 19.0 Å². The molecule has 0 heterocycles. The number of hydrogen-bond acceptors (Lipinski definition) is 0. The molecule has 0 atom stereocenters. The van der Waals surface area contributed by atoms with Gasteiger partial charge in [-0.1, -0.05) is 13.8 Å². The maximum atomic E-state index is 5.03. The Morgan fingerprint density at radius 1 is 1.33 bits per heavy atom. The van der Waals surface area contributed by atoms with Crippen molar-refractivity contribution in [3.63, 3.8) is 0 Å². The van der Waals surface area contributed by atoms with Crippen LogP contribution in [0, 0.1) is 6.58 Å². The predicted octanol–water partition coefficient (Wildman–Crippen LogP) is -1.61. The Bertz CT molecular complexity index is 30.5. The van der Waals surface area contributed by atoms with Gasteiger partial charge in [-0.25, -0.2) is 0 Å². The Morgan fingerprint density at radius 3 is 1.33 bits per heavy atom. The molecule has 0 fully saturated rings. The summed E-state index contributed by atoms with van der Waals surface area (Å²) in [5, 5.41) is 0. The second-order valence-corrected chi connectivity index (χ2v) is 1.08. The smallest absolute Gasteiger partial charge is 1.00 e. The van der Waals surface area contributed by atoms with Crippen LogP contribution >= 0.6 is 0 Å². The van der Waals surface area contributed by atoms with E-state index in [2.05, 4.69) is 0 Å². The van der Waals surface area contributed by atoms with Crippen LogP contribution in [0.2, 0.25) is 0 Å². The minimum absolute atomic E-state index is 0. The van der Waals surface area contributed by atoms with E-state index in [1.165, 1.54) is 0 Å². The van der Waals surface area contributed by atoms with E-state index in [1.807, 2.05) is 13.8 Å². The Balaban J connectivity index is -0.0000000450. The topological polar surface area (TPSA) is 0 Å². The number of halogens is 1. The number of rotatable bonds is 0. The van der Waals surface area contributed by atoms with Gasteiger partial charge in [-0.15, -0.1) is 0 Å². The second-order valence-electron chi connectivity index (χ2n) is 1.08. The third kappa shape index (κ3) is 145. The molecule has 0 aliphatic rings. The van der Waals surface area contributed by atoms with Gasteiger partial charge in [0.05, 0.1) is 0 Å². The fourth-order valence-corrected chi connectivity index (χ4v) is 0. The third-order valence-corrected chi connectivity index (χ3v) is 0. The molecule has 32 valence electrons. The quantitative estimate of drug-likeness (QED) is 0.292. The molecule has 0 nitrogen and oxygen atoms in total. The largest absolute Gasteiger partial charge is 2.00 e. The fourth-order valence-electron chi connectivity index (χ4n) is 0. The molecule has 0 radical (unpaired) electrons. The minimum Gasteiger partial charge on any atom is -1.00 e. The molecule has 0 rings (SSSR count). The normalized spacial score (nSPS) is 4.33. The molecule has 0 saturated heterocycles. The van der Waals surface area contributed by atoms with Crippen molar-refractivity contribution in [2.75, 3.05) is 0 Å². The van der Waals surface area contributed by atoms with E-state index in [4.69, 9.17) is 6.58 Å². The molecule has 0 spiro atoms. The van der Waals surface area contributed by atoms with Crippen molar-refractivity contribution >= 4 is 0 Å². The van der Waals surface area contributed by atoms with E-state index in [9.17, 15) is 0 Å². The van der Waals surface area contributed by atoms with E-state index in [0.717, 1.165) is 5.57 Å². The van der Waals surface area contributed by atoms with Crippen LogP contribution in [0.1, 0.15) is 13.8 Å². The third-order valence-electron chi connectivity index (χ3n) is 0. The maximum Gasteiger partial charge on any atom is 2.00 e. The van der Waals surface area contributed by atoms with Gasteiger partial charge in [0.15, 0.2) is 0 Å². The van der Waals surface area contributed by atoms with Crippen molar-refractivity contribution in [3.8, 4) is 0 Å². The molecule has 0 amide bonds. The average molecular weight is 156 g/mol. The monoisotopic (exact) mass is 154 g/mol. The Hall–Kier alpha value is 0.653. The molecule has 0 saturated carbocycles. The van der Waals surface area contributed by atoms with E-state index in [-0.39, 0.29) is 31.9 Å². The minimum atomic E-state index is 0. The van der Waals surface area contributed by atoms with Crippen LogP contribution < -0.4 is 12.4 Å². The molecule has 0 aromatic heterocycles. The van der Waals surface area contributed by atoms with Crippen LogP contribution in [0.4, 0.5) is 0 Å². The van der Waals surface area contributed by atoms with Crippen molar-refractivity contribution in [2.45, 2.75) is 13.8 Å². The van der Waals surface area contributed by atoms with Crippen molar-refractivity contribution in [2.24, 2.45) is 0 Å². The molecule has 6 heavy (non-hydrogen) atoms. The zero-order chi connectivity index (χ0) is 3.58. The molecular formula is C4H7ClZn. The molecular weight excluding hydrogens is 149 g/mol. The molecule has 0 unspecified atom stereocenters. The van der Waals surface area contributed by atoms with Gasteiger partial charge in [-0.05, 0) is 0 Å². The van der Waals surface area contributed by atoms with Crippen LogP contribution in [0.5, 0.6) is 0 Å². The molecule has 0 aromatic rings. The molecule has 0 N–H and O–H groups in total. The van der Waals surface area contributed by atoms with Gasteiger partial charge in [0, 0.05) is 0 Å². The van der Waals surface area contributed by atoms with E-state index < -0.39 is 0 Å². The zero-order valence-electron chi connectivity index (χ0n) is 4.16. The van der Waals surface area contributed by atoms with Crippen LogP contribution in [-0.4, -0.2) is 0 Å². The summed E-state index contributed by atoms with van der Waals surface area (Å²) >= 11 is 0. The summed E-state index contributed by atoms with van der Waals surface area (Å²) in [5.41, 5.74) is 0.917. The van der Waals surface area contributed by atoms with Gasteiger partial charge in [-0.2, -0.15) is 0 Å². The Labute approximate surface area is 58.2 Å². The first-order valence-electron chi connectivity index (χ1n) is 1.29. The Morgan fingerprint density at radius 2 is 1.33 bits per heavy atom. The van der Waals surface area contributed by atoms with E-state index in [0.29, 0.717) is 0 Å². The summed E-state index contributed by atoms with van der Waals surface area (Å²) in [4.78, 5) is 0. The van der Waals surface area contributed by atoms with Crippen LogP contribution in [0.15, 0.2) is 5.57 Å². The molecule has 0 aliphatic heterocycles. The van der Waals surface area contributed by atoms with Crippen LogP contribution in [0.3, 0.4) is 0 Å². The summed E-state index contributed by atoms with van der Waals surface area (Å²) in [6, 6.07) is 0. The summed E-state index contributed by atoms with van der Waals surface area (Å²) < 4.78 is 0. The molecule has 0 aliphatic carbocycles. The number of allylic oxidation sites excluding steroid dienone is 1. The Kier molecular flexibility index (Phi) is 24.4.